The number of halogens is 1. The summed E-state index contributed by atoms with van der Waals surface area (Å²) in [6, 6.07) is 6.12. The summed E-state index contributed by atoms with van der Waals surface area (Å²) in [5.74, 6) is -0.0294. The summed E-state index contributed by atoms with van der Waals surface area (Å²) in [5, 5.41) is 0. The van der Waals surface area contributed by atoms with E-state index in [2.05, 4.69) is 11.0 Å². The Morgan fingerprint density at radius 2 is 2.26 bits per heavy atom. The molecule has 1 saturated heterocycles. The number of ether oxygens (including phenoxy) is 1. The molecule has 1 spiro atoms. The lowest BCUT2D eigenvalue weighted by Crippen LogP contribution is -2.56. The van der Waals surface area contributed by atoms with E-state index in [-0.39, 0.29) is 5.82 Å². The van der Waals surface area contributed by atoms with Crippen molar-refractivity contribution in [1.29, 1.82) is 0 Å². The van der Waals surface area contributed by atoms with Crippen LogP contribution >= 0.6 is 0 Å². The molecule has 3 heteroatoms. The summed E-state index contributed by atoms with van der Waals surface area (Å²) in [6.45, 7) is 3.69. The molecule has 1 aliphatic carbocycles. The fourth-order valence-corrected chi connectivity index (χ4v) is 4.16. The van der Waals surface area contributed by atoms with E-state index in [1.54, 1.807) is 6.07 Å². The van der Waals surface area contributed by atoms with Crippen LogP contribution in [0.1, 0.15) is 30.4 Å². The Morgan fingerprint density at radius 3 is 3.00 bits per heavy atom. The van der Waals surface area contributed by atoms with Gasteiger partial charge < -0.3 is 4.74 Å². The largest absolute Gasteiger partial charge is 0.381 e. The van der Waals surface area contributed by atoms with E-state index < -0.39 is 0 Å². The highest BCUT2D eigenvalue weighted by Crippen LogP contribution is 2.50. The fraction of sp³-hybridized carbons (Fsp3) is 0.625. The van der Waals surface area contributed by atoms with Crippen LogP contribution in [0.15, 0.2) is 18.2 Å². The van der Waals surface area contributed by atoms with Gasteiger partial charge in [-0.2, -0.15) is 0 Å². The van der Waals surface area contributed by atoms with E-state index in [9.17, 15) is 4.39 Å². The van der Waals surface area contributed by atoms with Crippen molar-refractivity contribution in [3.63, 3.8) is 0 Å². The summed E-state index contributed by atoms with van der Waals surface area (Å²) in [6.07, 6.45) is 4.73. The monoisotopic (exact) mass is 261 g/mol. The van der Waals surface area contributed by atoms with Gasteiger partial charge >= 0.3 is 0 Å². The highest BCUT2D eigenvalue weighted by molar-refractivity contribution is 5.31. The molecule has 0 aromatic heterocycles. The first-order valence-electron chi connectivity index (χ1n) is 7.37. The van der Waals surface area contributed by atoms with Crippen molar-refractivity contribution in [2.24, 2.45) is 5.41 Å². The molecule has 0 N–H and O–H groups in total. The Balaban J connectivity index is 1.57. The van der Waals surface area contributed by atoms with E-state index in [1.807, 2.05) is 6.07 Å². The molecule has 0 unspecified atom stereocenters. The van der Waals surface area contributed by atoms with Crippen LogP contribution in [-0.2, 0) is 17.7 Å². The summed E-state index contributed by atoms with van der Waals surface area (Å²) in [5.41, 5.74) is 2.52. The third-order valence-electron chi connectivity index (χ3n) is 5.44. The molecule has 3 aliphatic rings. The second-order valence-corrected chi connectivity index (χ2v) is 6.32. The Hall–Kier alpha value is -0.930. The first-order valence-corrected chi connectivity index (χ1v) is 7.37. The predicted octanol–water partition coefficient (Wildman–Crippen LogP) is 2.75. The molecular weight excluding hydrogens is 241 g/mol. The van der Waals surface area contributed by atoms with Crippen molar-refractivity contribution >= 4 is 0 Å². The number of hydrogen-bond donors (Lipinski definition) is 0. The molecule has 1 saturated carbocycles. The van der Waals surface area contributed by atoms with Crippen LogP contribution in [0.2, 0.25) is 0 Å². The first-order chi connectivity index (χ1) is 9.28. The normalized spacial score (nSPS) is 34.3. The van der Waals surface area contributed by atoms with E-state index in [0.29, 0.717) is 11.5 Å². The summed E-state index contributed by atoms with van der Waals surface area (Å²) >= 11 is 0. The van der Waals surface area contributed by atoms with E-state index in [4.69, 9.17) is 4.74 Å². The Morgan fingerprint density at radius 1 is 1.32 bits per heavy atom. The lowest BCUT2D eigenvalue weighted by Gasteiger charge is -2.53. The average Bonchev–Trinajstić information content (AvgIpc) is 2.90. The van der Waals surface area contributed by atoms with Crippen molar-refractivity contribution < 1.29 is 9.13 Å². The molecule has 0 radical (unpaired) electrons. The minimum atomic E-state index is -0.0294. The Bertz CT molecular complexity index is 496. The van der Waals surface area contributed by atoms with Gasteiger partial charge in [-0.25, -0.2) is 4.39 Å². The van der Waals surface area contributed by atoms with Crippen molar-refractivity contribution in [3.8, 4) is 0 Å². The summed E-state index contributed by atoms with van der Waals surface area (Å²) < 4.78 is 19.6. The van der Waals surface area contributed by atoms with Gasteiger partial charge in [0.25, 0.3) is 0 Å². The number of fused-ring (bicyclic) bond motifs is 1. The molecule has 1 aromatic carbocycles. The molecule has 2 nitrogen and oxygen atoms in total. The van der Waals surface area contributed by atoms with Crippen LogP contribution in [0, 0.1) is 11.2 Å². The van der Waals surface area contributed by atoms with Crippen molar-refractivity contribution in [2.75, 3.05) is 19.8 Å². The second kappa shape index (κ2) is 4.29. The van der Waals surface area contributed by atoms with Gasteiger partial charge in [0, 0.05) is 36.7 Å². The third-order valence-corrected chi connectivity index (χ3v) is 5.44. The predicted molar refractivity (Wildman–Crippen MR) is 71.4 cm³/mol. The quantitative estimate of drug-likeness (QED) is 0.770. The van der Waals surface area contributed by atoms with Crippen molar-refractivity contribution in [2.45, 2.75) is 38.3 Å². The number of hydrogen-bond acceptors (Lipinski definition) is 2. The maximum absolute atomic E-state index is 13.9. The molecule has 19 heavy (non-hydrogen) atoms. The Labute approximate surface area is 113 Å². The smallest absolute Gasteiger partial charge is 0.127 e. The molecule has 2 heterocycles. The first kappa shape index (κ1) is 11.9. The molecule has 2 atom stereocenters. The van der Waals surface area contributed by atoms with E-state index in [0.717, 1.165) is 38.3 Å². The van der Waals surface area contributed by atoms with E-state index in [1.165, 1.54) is 24.8 Å². The molecule has 4 rings (SSSR count). The van der Waals surface area contributed by atoms with Crippen LogP contribution < -0.4 is 0 Å². The topological polar surface area (TPSA) is 12.5 Å². The molecule has 1 aromatic rings. The SMILES string of the molecule is Fc1cccc2c1CN([C@H]1CC[C@@]13CCOC3)CC2. The third kappa shape index (κ3) is 1.75. The molecule has 102 valence electrons. The van der Waals surface area contributed by atoms with Crippen LogP contribution in [0.3, 0.4) is 0 Å². The molecule has 2 aliphatic heterocycles. The zero-order valence-corrected chi connectivity index (χ0v) is 11.2. The van der Waals surface area contributed by atoms with Crippen LogP contribution in [-0.4, -0.2) is 30.7 Å². The van der Waals surface area contributed by atoms with Crippen LogP contribution in [0.4, 0.5) is 4.39 Å². The number of benzene rings is 1. The zero-order chi connectivity index (χ0) is 12.9. The van der Waals surface area contributed by atoms with Crippen molar-refractivity contribution in [3.05, 3.63) is 35.1 Å². The molecule has 0 bridgehead atoms. The van der Waals surface area contributed by atoms with Crippen LogP contribution in [0.25, 0.3) is 0 Å². The molecular formula is C16H20FNO. The number of nitrogens with zero attached hydrogens (tertiary/aromatic N) is 1. The van der Waals surface area contributed by atoms with Gasteiger partial charge in [-0.1, -0.05) is 12.1 Å². The van der Waals surface area contributed by atoms with Gasteiger partial charge in [0.15, 0.2) is 0 Å². The maximum Gasteiger partial charge on any atom is 0.127 e. The lowest BCUT2D eigenvalue weighted by atomic mass is 9.63. The molecule has 2 fully saturated rings. The average molecular weight is 261 g/mol. The maximum atomic E-state index is 13.9. The number of rotatable bonds is 1. The zero-order valence-electron chi connectivity index (χ0n) is 11.2. The minimum Gasteiger partial charge on any atom is -0.381 e. The standard InChI is InChI=1S/C16H20FNO/c17-14-3-1-2-12-5-8-18(10-13(12)14)15-4-6-16(15)7-9-19-11-16/h1-3,15H,4-11H2/t15-,16-/m0/s1. The van der Waals surface area contributed by atoms with Gasteiger partial charge in [0.05, 0.1) is 6.61 Å². The van der Waals surface area contributed by atoms with Crippen LogP contribution in [0.5, 0.6) is 0 Å². The Kier molecular flexibility index (Phi) is 2.68. The minimum absolute atomic E-state index is 0.0294. The highest BCUT2D eigenvalue weighted by Gasteiger charge is 2.51. The van der Waals surface area contributed by atoms with Gasteiger partial charge in [0.1, 0.15) is 5.82 Å². The van der Waals surface area contributed by atoms with Gasteiger partial charge in [-0.3, -0.25) is 4.90 Å². The molecule has 0 amide bonds. The second-order valence-electron chi connectivity index (χ2n) is 6.32. The summed E-state index contributed by atoms with van der Waals surface area (Å²) in [7, 11) is 0. The highest BCUT2D eigenvalue weighted by atomic mass is 19.1. The van der Waals surface area contributed by atoms with E-state index >= 15 is 0 Å². The van der Waals surface area contributed by atoms with Gasteiger partial charge in [0.2, 0.25) is 0 Å². The van der Waals surface area contributed by atoms with Crippen molar-refractivity contribution in [1.82, 2.24) is 4.90 Å². The summed E-state index contributed by atoms with van der Waals surface area (Å²) in [4.78, 5) is 2.50. The van der Waals surface area contributed by atoms with Gasteiger partial charge in [-0.15, -0.1) is 0 Å². The fourth-order valence-electron chi connectivity index (χ4n) is 4.16. The lowest BCUT2D eigenvalue weighted by molar-refractivity contribution is -0.0391. The van der Waals surface area contributed by atoms with Gasteiger partial charge in [-0.05, 0) is 37.3 Å².